The molecule has 0 aromatic carbocycles. The number of rotatable bonds is 39. The van der Waals surface area contributed by atoms with E-state index in [1.807, 2.05) is 28.9 Å². The standard InChI is InChI=1S/C22H31N7O6.2C19H25N7O7S.C19H25N7O5S.4CH3.U.2V.W/c1-3-5-10-35-22-25-20(23)19(29(31)32)21(26-22)28(15-18(30)34-4-2)14-16-6-7-24-17(13-16)27-8-11-33-12-9-27;2*1-3-33-15(27)12-25(11-13-4-5-21-14(10-13)24-6-8-32-9-7-24)18-16(26(28)29)17(20)22-19(23-18)34(2,30)31;1-3-31-15(27)12-25(18-16(26(28)29)17(20)22-19(23-18)32-2)11-13-4-5-21-14(10-13)24-6-8-30-9-7-24;;;;;;;;/h6-7,13H,3-5,8-12,14-15H2,1-2H3,(H2,23,25,26);2*4-5,10H,3,6-9,11-12H2,1-2H3,(H2,20,22,23);4-5,10H,3,6-9,11-12H2,1-2H3,(H2,20,22,23);4*1H3;;;;/q;;;;4*-1;;;;. The van der Waals surface area contributed by atoms with Crippen LogP contribution in [0.1, 0.15) is 69.7 Å². The summed E-state index contributed by atoms with van der Waals surface area (Å²) in [7, 11) is -7.91. The molecule has 0 atom stereocenters. The zero-order valence-electron chi connectivity index (χ0n) is 81.1. The van der Waals surface area contributed by atoms with Gasteiger partial charge < -0.3 is 134 Å². The molecule has 143 heavy (non-hydrogen) atoms. The number of nitrogens with two attached hydrogens (primary N) is 4. The van der Waals surface area contributed by atoms with Gasteiger partial charge in [-0.3, -0.25) is 59.6 Å². The molecule has 8 aromatic heterocycles. The summed E-state index contributed by atoms with van der Waals surface area (Å²) in [6.45, 7) is 18.4. The molecule has 0 unspecified atom stereocenters. The minimum absolute atomic E-state index is 0. The summed E-state index contributed by atoms with van der Waals surface area (Å²) in [6.07, 6.45) is 11.6. The third kappa shape index (κ3) is 39.0. The van der Waals surface area contributed by atoms with Crippen LogP contribution in [-0.2, 0) is 161 Å². The van der Waals surface area contributed by atoms with Crippen molar-refractivity contribution in [1.82, 2.24) is 59.8 Å². The number of nitro groups is 4. The Labute approximate surface area is 894 Å². The average Bonchev–Trinajstić information content (AvgIpc) is 0.710. The van der Waals surface area contributed by atoms with Crippen LogP contribution in [0, 0.1) is 101 Å². The number of nitrogen functional groups attached to an aromatic ring is 4. The van der Waals surface area contributed by atoms with Gasteiger partial charge in [0.2, 0.25) is 66.2 Å². The molecule has 4 saturated heterocycles. The van der Waals surface area contributed by atoms with Gasteiger partial charge in [-0.1, -0.05) is 25.1 Å². The predicted octanol–water partition coefficient (Wildman–Crippen LogP) is 5.57. The van der Waals surface area contributed by atoms with E-state index in [2.05, 4.69) is 69.6 Å². The fourth-order valence-electron chi connectivity index (χ4n) is 13.4. The van der Waals surface area contributed by atoms with Gasteiger partial charge in [0.25, 0.3) is 10.3 Å². The molecule has 4 aliphatic rings. The second-order valence-corrected chi connectivity index (χ2v) is 34.0. The number of nitrogens with zero attached hydrogens (tertiary/aromatic N) is 24. The number of unbranched alkanes of at least 4 members (excludes halogenated alkanes) is 1. The van der Waals surface area contributed by atoms with E-state index in [0.29, 0.717) is 135 Å². The van der Waals surface area contributed by atoms with Crippen molar-refractivity contribution < 1.29 is 188 Å². The van der Waals surface area contributed by atoms with Gasteiger partial charge in [-0.15, -0.1) is 0 Å². The zero-order valence-corrected chi connectivity index (χ0v) is 93.5. The first kappa shape index (κ1) is 130. The number of anilines is 12. The van der Waals surface area contributed by atoms with Crippen molar-refractivity contribution in [2.24, 2.45) is 0 Å². The largest absolute Gasteiger partial charge is 0.465 e. The van der Waals surface area contributed by atoms with E-state index in [1.54, 1.807) is 95.1 Å². The topological polar surface area (TPSA) is 677 Å². The van der Waals surface area contributed by atoms with Crippen LogP contribution in [-0.4, -0.2) is 303 Å². The summed E-state index contributed by atoms with van der Waals surface area (Å²) < 4.78 is 95.5. The van der Waals surface area contributed by atoms with Gasteiger partial charge in [0.1, 0.15) is 49.5 Å². The van der Waals surface area contributed by atoms with E-state index in [9.17, 15) is 76.5 Å². The Morgan fingerprint density at radius 2 is 0.657 bits per heavy atom. The quantitative estimate of drug-likeness (QED) is 0.00534. The van der Waals surface area contributed by atoms with E-state index in [4.69, 9.17) is 65.6 Å². The first-order valence-corrected chi connectivity index (χ1v) is 47.1. The summed E-state index contributed by atoms with van der Waals surface area (Å²) in [5.41, 5.74) is 23.7. The third-order valence-corrected chi connectivity index (χ3v) is 21.8. The number of sulfone groups is 2. The molecule has 0 saturated carbocycles. The van der Waals surface area contributed by atoms with Crippen molar-refractivity contribution in [2.45, 2.75) is 89.1 Å². The van der Waals surface area contributed by atoms with Crippen LogP contribution in [0.3, 0.4) is 0 Å². The Morgan fingerprint density at radius 3 is 0.895 bits per heavy atom. The fourth-order valence-corrected chi connectivity index (χ4v) is 14.8. The molecular formula is C83H118N28O25S3UV2W-4. The van der Waals surface area contributed by atoms with Gasteiger partial charge >= 0.3 is 52.6 Å². The maximum absolute atomic E-state index is 12.4. The maximum atomic E-state index is 12.4. The molecular weight excluding hydrogens is 2410 g/mol. The Bertz CT molecular complexity index is 5540. The van der Waals surface area contributed by atoms with Crippen molar-refractivity contribution in [1.29, 1.82) is 0 Å². The number of pyridine rings is 4. The molecule has 2 radical (unpaired) electrons. The van der Waals surface area contributed by atoms with E-state index in [0.717, 1.165) is 48.1 Å². The maximum Gasteiger partial charge on any atom is 0.353 e. The molecule has 12 rings (SSSR count). The summed E-state index contributed by atoms with van der Waals surface area (Å²) in [4.78, 5) is 156. The molecule has 4 fully saturated rings. The Kier molecular flexibility index (Phi) is 57.9. The Balaban J connectivity index is 0.000000936. The van der Waals surface area contributed by atoms with Crippen molar-refractivity contribution in [2.75, 3.05) is 245 Å². The minimum atomic E-state index is -3.95. The molecule has 12 heterocycles. The summed E-state index contributed by atoms with van der Waals surface area (Å²) in [6, 6.07) is 14.1. The molecule has 0 spiro atoms. The van der Waals surface area contributed by atoms with Gasteiger partial charge in [-0.05, 0) is 111 Å². The first-order valence-electron chi connectivity index (χ1n) is 42.1. The second kappa shape index (κ2) is 63.8. The zero-order chi connectivity index (χ0) is 98.1. The van der Waals surface area contributed by atoms with Crippen LogP contribution < -0.4 is 66.9 Å². The molecule has 8 aromatic rings. The van der Waals surface area contributed by atoms with E-state index in [-0.39, 0.29) is 219 Å². The van der Waals surface area contributed by atoms with Crippen LogP contribution in [0.25, 0.3) is 0 Å². The van der Waals surface area contributed by atoms with Crippen LogP contribution in [0.15, 0.2) is 88.8 Å². The van der Waals surface area contributed by atoms with Gasteiger partial charge in [0, 0.05) is 205 Å². The number of aromatic nitrogens is 12. The smallest absolute Gasteiger partial charge is 0.353 e. The molecule has 0 amide bonds. The normalized spacial score (nSPS) is 13.0. The van der Waals surface area contributed by atoms with Crippen LogP contribution in [0.4, 0.5) is 92.6 Å². The predicted molar refractivity (Wildman–Crippen MR) is 516 cm³/mol. The van der Waals surface area contributed by atoms with E-state index < -0.39 is 133 Å². The molecule has 0 aliphatic carbocycles. The molecule has 8 N–H and O–H groups in total. The summed E-state index contributed by atoms with van der Waals surface area (Å²) >= 11 is 1.20. The van der Waals surface area contributed by atoms with E-state index in [1.165, 1.54) is 31.4 Å². The number of hydrogen-bond acceptors (Lipinski definition) is 50. The van der Waals surface area contributed by atoms with Gasteiger partial charge in [0.05, 0.1) is 106 Å². The number of ether oxygens (including phenoxy) is 9. The van der Waals surface area contributed by atoms with Crippen molar-refractivity contribution in [3.05, 3.63) is 166 Å². The summed E-state index contributed by atoms with van der Waals surface area (Å²) in [5, 5.41) is 46.0. The molecule has 53 nitrogen and oxygen atoms in total. The van der Waals surface area contributed by atoms with E-state index >= 15 is 0 Å². The number of esters is 4. The monoisotopic (exact) mass is 2530 g/mol. The Morgan fingerprint density at radius 1 is 0.413 bits per heavy atom. The molecule has 4 aliphatic heterocycles. The number of hydrogen-bond donors (Lipinski definition) is 4. The molecule has 782 valence electrons. The van der Waals surface area contributed by atoms with Gasteiger partial charge in [-0.25, -0.2) is 36.8 Å². The van der Waals surface area contributed by atoms with Crippen LogP contribution in [0.2, 0.25) is 0 Å². The van der Waals surface area contributed by atoms with Gasteiger partial charge in [0.15, 0.2) is 5.16 Å². The number of carbonyl (C=O) groups is 4. The SMILES string of the molecule is CCCCOc1nc(N)c([N+](=O)[O-])c(N(CC(=O)OCC)Cc2ccnc(N3CCOCC3)c2)n1.CCOC(=O)CN(Cc1ccnc(N2CCOCC2)c1)c1nc(S(C)(=O)=O)nc(N)c1[N+](=O)[O-].CCOC(=O)CN(Cc1ccnc(N2CCOCC2)c1)c1nc(S(C)(=O)=O)nc(N)c1[N+](=O)[O-].CCOC(=O)CN(Cc1ccnc(N2CCOCC2)c1)c1nc(SC)nc(N)c1[N+](=O)[O-].[CH3-].[CH3-].[CH3-].[CH3-].[U].[V].[V].[W]. The average molecular weight is 2530 g/mol. The van der Waals surface area contributed by atoms with Crippen LogP contribution >= 0.6 is 11.8 Å². The fraction of sp³-hybridized carbons (Fsp3) is 0.470. The minimum Gasteiger partial charge on any atom is -0.465 e. The van der Waals surface area contributed by atoms with Crippen molar-refractivity contribution >= 4 is 148 Å². The third-order valence-electron chi connectivity index (χ3n) is 19.6. The Hall–Kier alpha value is -11.2. The van der Waals surface area contributed by atoms with Crippen molar-refractivity contribution in [3.8, 4) is 6.01 Å². The first-order chi connectivity index (χ1) is 64.5. The van der Waals surface area contributed by atoms with Gasteiger partial charge in [-0.2, -0.15) is 39.9 Å². The number of carbonyl (C=O) groups excluding carboxylic acids is 4. The summed E-state index contributed by atoms with van der Waals surface area (Å²) in [5.74, 6) is -2.44. The van der Waals surface area contributed by atoms with Crippen LogP contribution in [0.5, 0.6) is 6.01 Å². The second-order valence-electron chi connectivity index (χ2n) is 29.4. The molecule has 60 heteroatoms. The molecule has 0 bridgehead atoms. The van der Waals surface area contributed by atoms with Crippen molar-refractivity contribution in [3.63, 3.8) is 0 Å². The number of morpholine rings is 4. The number of thioether (sulfide) groups is 1.